The summed E-state index contributed by atoms with van der Waals surface area (Å²) in [6, 6.07) is 7.50. The number of carbonyl (C=O) groups excluding carboxylic acids is 1. The number of benzene rings is 1. The van der Waals surface area contributed by atoms with E-state index in [1.54, 1.807) is 25.2 Å². The highest BCUT2D eigenvalue weighted by Gasteiger charge is 2.42. The van der Waals surface area contributed by atoms with Crippen LogP contribution in [0.5, 0.6) is 0 Å². The lowest BCUT2D eigenvalue weighted by Crippen LogP contribution is -2.52. The molecular weight excluding hydrogens is 363 g/mol. The molecule has 0 aliphatic heterocycles. The Labute approximate surface area is 166 Å². The van der Waals surface area contributed by atoms with Gasteiger partial charge in [-0.25, -0.2) is 8.78 Å². The number of amides is 1. The molecule has 1 unspecified atom stereocenters. The minimum absolute atomic E-state index is 0.0279. The summed E-state index contributed by atoms with van der Waals surface area (Å²) in [5.74, 6) is -0.467. The molecule has 28 heavy (non-hydrogen) atoms. The maximum Gasteiger partial charge on any atom is 0.261 e. The number of hydrogen-bond acceptors (Lipinski definition) is 1. The van der Waals surface area contributed by atoms with E-state index in [1.807, 2.05) is 31.2 Å². The molecule has 1 aromatic rings. The molecular formula is C23H30F3NO. The number of nitrogens with zero attached hydrogens (tertiary/aromatic N) is 1. The highest BCUT2D eigenvalue weighted by Crippen LogP contribution is 2.34. The highest BCUT2D eigenvalue weighted by molar-refractivity contribution is 5.96. The van der Waals surface area contributed by atoms with Gasteiger partial charge in [0.15, 0.2) is 0 Å². The molecule has 0 fully saturated rings. The molecule has 0 aliphatic carbocycles. The van der Waals surface area contributed by atoms with E-state index in [0.29, 0.717) is 18.3 Å². The second-order valence-corrected chi connectivity index (χ2v) is 6.46. The minimum Gasteiger partial charge on any atom is -0.330 e. The molecule has 0 aromatic heterocycles. The quantitative estimate of drug-likeness (QED) is 0.383. The molecule has 5 heteroatoms. The zero-order valence-corrected chi connectivity index (χ0v) is 17.3. The zero-order valence-electron chi connectivity index (χ0n) is 17.3. The average molecular weight is 393 g/mol. The third-order valence-corrected chi connectivity index (χ3v) is 4.61. The molecule has 0 saturated carbocycles. The van der Waals surface area contributed by atoms with Crippen LogP contribution in [0.15, 0.2) is 67.3 Å². The molecule has 0 aliphatic rings. The number of carbonyl (C=O) groups is 1. The first-order chi connectivity index (χ1) is 13.2. The fraction of sp³-hybridized carbons (Fsp3) is 0.348. The molecule has 0 bridgehead atoms. The third kappa shape index (κ3) is 6.25. The standard InChI is InChI=1S/C22H27F2NO.CH3F/c1-7-9-13-18(8-2)20(26)25(6)22(5,21(23)24)15-17(4)19-14-11-10-12-16(19)3;1-2/h7-14,21H,1,4,15H2,2-3,5-6H3;1H3/b13-9-,18-8+;. The van der Waals surface area contributed by atoms with Crippen LogP contribution in [0, 0.1) is 6.92 Å². The van der Waals surface area contributed by atoms with Crippen molar-refractivity contribution in [2.45, 2.75) is 39.2 Å². The number of alkyl halides is 3. The summed E-state index contributed by atoms with van der Waals surface area (Å²) in [7, 11) is 1.91. The van der Waals surface area contributed by atoms with E-state index < -0.39 is 17.9 Å². The van der Waals surface area contributed by atoms with Crippen LogP contribution >= 0.6 is 0 Å². The lowest BCUT2D eigenvalue weighted by atomic mass is 9.87. The number of hydrogen-bond donors (Lipinski definition) is 0. The number of likely N-dealkylation sites (N-methyl/N-ethyl adjacent to an activating group) is 1. The van der Waals surface area contributed by atoms with E-state index in [2.05, 4.69) is 13.2 Å². The van der Waals surface area contributed by atoms with Gasteiger partial charge in [0.25, 0.3) is 12.3 Å². The summed E-state index contributed by atoms with van der Waals surface area (Å²) >= 11 is 0. The van der Waals surface area contributed by atoms with E-state index in [9.17, 15) is 18.0 Å². The second-order valence-electron chi connectivity index (χ2n) is 6.46. The summed E-state index contributed by atoms with van der Waals surface area (Å²) in [6.45, 7) is 12.6. The molecule has 1 rings (SSSR count). The van der Waals surface area contributed by atoms with Gasteiger partial charge < -0.3 is 4.90 Å². The summed E-state index contributed by atoms with van der Waals surface area (Å²) < 4.78 is 37.5. The molecule has 1 amide bonds. The van der Waals surface area contributed by atoms with Crippen LogP contribution in [-0.4, -0.2) is 37.0 Å². The van der Waals surface area contributed by atoms with Gasteiger partial charge in [0.1, 0.15) is 5.54 Å². The summed E-state index contributed by atoms with van der Waals surface area (Å²) in [4.78, 5) is 13.8. The Morgan fingerprint density at radius 1 is 1.29 bits per heavy atom. The van der Waals surface area contributed by atoms with Crippen molar-refractivity contribution in [1.82, 2.24) is 4.90 Å². The van der Waals surface area contributed by atoms with Crippen LogP contribution in [0.1, 0.15) is 31.4 Å². The van der Waals surface area contributed by atoms with Gasteiger partial charge in [-0.05, 0) is 43.5 Å². The van der Waals surface area contributed by atoms with Crippen LogP contribution in [0.3, 0.4) is 0 Å². The van der Waals surface area contributed by atoms with E-state index in [-0.39, 0.29) is 6.42 Å². The Bertz CT molecular complexity index is 737. The first-order valence-corrected chi connectivity index (χ1v) is 8.82. The molecule has 0 saturated heterocycles. The average Bonchev–Trinajstić information content (AvgIpc) is 2.69. The molecule has 0 radical (unpaired) electrons. The second kappa shape index (κ2) is 12.0. The Balaban J connectivity index is 0.00000352. The van der Waals surface area contributed by atoms with Gasteiger partial charge in [0.2, 0.25) is 0 Å². The van der Waals surface area contributed by atoms with Crippen LogP contribution < -0.4 is 0 Å². The van der Waals surface area contributed by atoms with Gasteiger partial charge >= 0.3 is 0 Å². The molecule has 1 atom stereocenters. The molecule has 2 nitrogen and oxygen atoms in total. The van der Waals surface area contributed by atoms with Gasteiger partial charge in [-0.15, -0.1) is 0 Å². The highest BCUT2D eigenvalue weighted by atomic mass is 19.3. The smallest absolute Gasteiger partial charge is 0.261 e. The van der Waals surface area contributed by atoms with Crippen LogP contribution in [0.25, 0.3) is 5.57 Å². The number of halogens is 3. The maximum absolute atomic E-state index is 14.0. The Morgan fingerprint density at radius 2 is 1.86 bits per heavy atom. The Hall–Kier alpha value is -2.56. The largest absolute Gasteiger partial charge is 0.330 e. The van der Waals surface area contributed by atoms with Crippen LogP contribution in [-0.2, 0) is 4.79 Å². The molecule has 0 heterocycles. The van der Waals surface area contributed by atoms with E-state index in [4.69, 9.17) is 0 Å². The van der Waals surface area contributed by atoms with Gasteiger partial charge in [-0.2, -0.15) is 0 Å². The monoisotopic (exact) mass is 393 g/mol. The van der Waals surface area contributed by atoms with Crippen molar-refractivity contribution in [2.24, 2.45) is 0 Å². The predicted octanol–water partition coefficient (Wildman–Crippen LogP) is 6.15. The summed E-state index contributed by atoms with van der Waals surface area (Å²) in [6.07, 6.45) is 3.55. The number of rotatable bonds is 8. The summed E-state index contributed by atoms with van der Waals surface area (Å²) in [5, 5.41) is 0. The molecule has 0 spiro atoms. The van der Waals surface area contributed by atoms with Crippen molar-refractivity contribution in [3.8, 4) is 0 Å². The number of allylic oxidation sites excluding steroid dienone is 3. The SMILES string of the molecule is C=C/C=C\C(=C/C)C(=O)N(C)C(C)(CC(=C)c1ccccc1C)C(F)F.CF. The van der Waals surface area contributed by atoms with Crippen molar-refractivity contribution >= 4 is 11.5 Å². The van der Waals surface area contributed by atoms with Crippen molar-refractivity contribution in [1.29, 1.82) is 0 Å². The fourth-order valence-electron chi connectivity index (χ4n) is 2.73. The van der Waals surface area contributed by atoms with Crippen LogP contribution in [0.4, 0.5) is 13.2 Å². The lowest BCUT2D eigenvalue weighted by molar-refractivity contribution is -0.137. The molecule has 0 N–H and O–H groups in total. The van der Waals surface area contributed by atoms with E-state index in [0.717, 1.165) is 16.0 Å². The molecule has 1 aromatic carbocycles. The van der Waals surface area contributed by atoms with Gasteiger partial charge in [0.05, 0.1) is 7.18 Å². The van der Waals surface area contributed by atoms with Gasteiger partial charge in [-0.3, -0.25) is 9.18 Å². The normalized spacial score (nSPS) is 13.5. The third-order valence-electron chi connectivity index (χ3n) is 4.61. The first-order valence-electron chi connectivity index (χ1n) is 8.82. The Morgan fingerprint density at radius 3 is 2.32 bits per heavy atom. The van der Waals surface area contributed by atoms with Crippen molar-refractivity contribution < 1.29 is 18.0 Å². The first kappa shape index (κ1) is 25.4. The summed E-state index contributed by atoms with van der Waals surface area (Å²) in [5.41, 5.74) is 1.03. The zero-order chi connectivity index (χ0) is 21.9. The van der Waals surface area contributed by atoms with Crippen molar-refractivity contribution in [2.75, 3.05) is 14.2 Å². The van der Waals surface area contributed by atoms with Gasteiger partial charge in [0, 0.05) is 19.0 Å². The van der Waals surface area contributed by atoms with E-state index in [1.165, 1.54) is 20.0 Å². The van der Waals surface area contributed by atoms with E-state index >= 15 is 0 Å². The predicted molar refractivity (Wildman–Crippen MR) is 112 cm³/mol. The fourth-order valence-corrected chi connectivity index (χ4v) is 2.73. The molecule has 154 valence electrons. The lowest BCUT2D eigenvalue weighted by Gasteiger charge is -2.39. The van der Waals surface area contributed by atoms with Crippen molar-refractivity contribution in [3.63, 3.8) is 0 Å². The minimum atomic E-state index is -2.72. The number of aryl methyl sites for hydroxylation is 1. The topological polar surface area (TPSA) is 20.3 Å². The van der Waals surface area contributed by atoms with Crippen LogP contribution in [0.2, 0.25) is 0 Å². The maximum atomic E-state index is 14.0. The Kier molecular flexibility index (Phi) is 10.9. The van der Waals surface area contributed by atoms with Crippen molar-refractivity contribution in [3.05, 3.63) is 78.4 Å². The van der Waals surface area contributed by atoms with Gasteiger partial charge in [-0.1, -0.05) is 55.7 Å².